The molecule has 99 heavy (non-hydrogen) atoms. The molecular weight excluding hydrogens is 1580 g/mol. The Kier molecular flexibility index (Phi) is 43.1. The number of carboxylic acids is 8. The van der Waals surface area contributed by atoms with Crippen molar-refractivity contribution < 1.29 is 150 Å². The summed E-state index contributed by atoms with van der Waals surface area (Å²) in [5.41, 5.74) is 1.13. The van der Waals surface area contributed by atoms with Gasteiger partial charge >= 0.3 is 84.7 Å². The predicted molar refractivity (Wildman–Crippen MR) is 355 cm³/mol. The third-order valence-electron chi connectivity index (χ3n) is 16.4. The molecule has 1 saturated heterocycles. The van der Waals surface area contributed by atoms with Crippen LogP contribution in [-0.4, -0.2) is 252 Å². The van der Waals surface area contributed by atoms with Gasteiger partial charge in [-0.3, -0.25) is 62.8 Å². The number of aromatic hydroxyl groups is 1. The minimum absolute atomic E-state index is 0. The first-order valence-electron chi connectivity index (χ1n) is 32.7. The van der Waals surface area contributed by atoms with Gasteiger partial charge in [0, 0.05) is 110 Å². The van der Waals surface area contributed by atoms with E-state index in [1.807, 2.05) is 22.6 Å². The Hall–Kier alpha value is -7.18. The summed E-state index contributed by atoms with van der Waals surface area (Å²) in [6.07, 6.45) is 2.78. The number of hydrogen-bond acceptors (Lipinski definition) is 20. The number of carbonyl (C=O) groups is 14. The van der Waals surface area contributed by atoms with Gasteiger partial charge in [0.25, 0.3) is 0 Å². The molecule has 3 rings (SSSR count). The number of carbonyl (C=O) groups excluding carboxylic acids is 7. The molecular formula is C65H93ILuN9O23+2. The number of halogens is 1. The molecule has 1 aliphatic rings. The Balaban J connectivity index is 0.0000333. The largest absolute Gasteiger partial charge is 3.00 e. The number of carboxylic acid groups (broad SMARTS) is 8. The molecule has 32 nitrogen and oxygen atoms in total. The SMILES string of the molecule is O=C([O-])CN1CCN(CC(=O)O)CCN(CC(=O)O)CCN([C@H](CCC(=O)N[C@H](Cc2ccc(O)c(I)c2)C(=O)C[C@H](Cc2ccccc2)C(=O)N[C@H](CCCCNC(=O)CCCCCCC(=O)CCCCC[C@H](NC(=O)N[C@@H](CCC(=O)O)C(=O)O)C(=O)O)C(=O)O)C(=O)O)CC1.[Lu+3]. The van der Waals surface area contributed by atoms with Crippen molar-refractivity contribution in [2.24, 2.45) is 5.92 Å². The standard InChI is InChI=1S/C65H94IN9O23.Lu/c66-46-36-43(20-23-52(46)77)37-50(68-55(80)24-22-51(64(96)97)75-33-31-73(40-58(85)86)29-27-72(39-57(83)84)28-30-74(32-34-75)41-59(87)88)53(78)38-44(35-42-13-5-3-6-14-42)60(89)69-47(61(90)91)18-11-12-26-67-54(79)19-10-2-1-7-15-45(76)16-8-4-9-17-48(62(92)93)70-65(98)71-49(63(94)95)21-25-56(81)82;/h3,5-6,13-14,20,23,36,44,47-51,77H,1-2,4,7-12,15-19,21-22,24-35,37-41H2,(H,67,79)(H,68,80)(H,69,89)(H,81,82)(H,83,84)(H,85,86)(H,87,88)(H,90,91)(H,92,93)(H,94,95)(H,96,97)(H2,70,71,98);/q;+3/p-1/t44-,47+,48-,49-,50+,51+;/m0./s1. The van der Waals surface area contributed by atoms with Crippen molar-refractivity contribution in [3.8, 4) is 5.75 Å². The molecule has 13 N–H and O–H groups in total. The third kappa shape index (κ3) is 38.3. The third-order valence-corrected chi connectivity index (χ3v) is 17.3. The van der Waals surface area contributed by atoms with Gasteiger partial charge in [-0.25, -0.2) is 19.2 Å². The Morgan fingerprint density at radius 2 is 0.980 bits per heavy atom. The topological polar surface area (TPSA) is 497 Å². The number of nitrogens with zero attached hydrogens (tertiary/aromatic N) is 4. The van der Waals surface area contributed by atoms with Crippen LogP contribution in [-0.2, 0) is 75.2 Å². The van der Waals surface area contributed by atoms with Gasteiger partial charge in [0.15, 0.2) is 5.78 Å². The predicted octanol–water partition coefficient (Wildman–Crippen LogP) is 1.00. The fourth-order valence-electron chi connectivity index (χ4n) is 11.0. The fraction of sp³-hybridized carbons (Fsp3) is 0.600. The first kappa shape index (κ1) is 87.9. The molecule has 6 atom stereocenters. The number of phenolic OH excluding ortho intramolecular Hbond substituents is 1. The summed E-state index contributed by atoms with van der Waals surface area (Å²) in [6.45, 7) is -1.13. The number of hydrogen-bond donors (Lipinski definition) is 13. The molecule has 2 aromatic carbocycles. The smallest absolute Gasteiger partial charge is 0.549 e. The molecule has 0 bridgehead atoms. The number of rotatable bonds is 47. The minimum atomic E-state index is -1.53. The molecule has 1 heterocycles. The number of benzene rings is 2. The average Bonchev–Trinajstić information content (AvgIpc) is 0.897. The van der Waals surface area contributed by atoms with Crippen LogP contribution in [0.15, 0.2) is 48.5 Å². The Labute approximate surface area is 616 Å². The fourth-order valence-corrected chi connectivity index (χ4v) is 11.6. The summed E-state index contributed by atoms with van der Waals surface area (Å²) in [5.74, 6) is -14.2. The second-order valence-electron chi connectivity index (χ2n) is 24.2. The zero-order chi connectivity index (χ0) is 72.7. The second-order valence-corrected chi connectivity index (χ2v) is 25.4. The summed E-state index contributed by atoms with van der Waals surface area (Å²) in [6, 6.07) is 5.07. The van der Waals surface area contributed by atoms with Gasteiger partial charge in [0.1, 0.15) is 35.7 Å². The quantitative estimate of drug-likeness (QED) is 0.0325. The van der Waals surface area contributed by atoms with Crippen LogP contribution in [0.1, 0.15) is 133 Å². The van der Waals surface area contributed by atoms with Crippen molar-refractivity contribution in [2.45, 2.75) is 165 Å². The molecule has 5 amide bonds. The van der Waals surface area contributed by atoms with E-state index in [1.165, 1.54) is 31.7 Å². The van der Waals surface area contributed by atoms with Crippen LogP contribution in [0.3, 0.4) is 0 Å². The monoisotopic (exact) mass is 1670 g/mol. The number of urea groups is 1. The number of amides is 5. The van der Waals surface area contributed by atoms with E-state index < -0.39 is 153 Å². The van der Waals surface area contributed by atoms with Crippen molar-refractivity contribution >= 4 is 106 Å². The van der Waals surface area contributed by atoms with E-state index in [0.717, 1.165) is 0 Å². The molecule has 0 radical (unpaired) electrons. The molecule has 0 unspecified atom stereocenters. The van der Waals surface area contributed by atoms with Gasteiger partial charge in [-0.15, -0.1) is 0 Å². The summed E-state index contributed by atoms with van der Waals surface area (Å²) in [7, 11) is 0. The number of unbranched alkanes of at least 4 members (excludes halogenated alkanes) is 6. The van der Waals surface area contributed by atoms with Gasteiger partial charge in [-0.2, -0.15) is 0 Å². The second kappa shape index (κ2) is 48.6. The van der Waals surface area contributed by atoms with E-state index in [1.54, 1.807) is 36.4 Å². The Morgan fingerprint density at radius 1 is 0.475 bits per heavy atom. The molecule has 556 valence electrons. The van der Waals surface area contributed by atoms with Crippen molar-refractivity contribution in [1.82, 2.24) is 46.2 Å². The molecule has 1 fully saturated rings. The average molecular weight is 1670 g/mol. The van der Waals surface area contributed by atoms with E-state index in [2.05, 4.69) is 26.6 Å². The van der Waals surface area contributed by atoms with E-state index in [4.69, 9.17) is 5.11 Å². The van der Waals surface area contributed by atoms with Gasteiger partial charge in [0.2, 0.25) is 17.7 Å². The summed E-state index contributed by atoms with van der Waals surface area (Å²) >= 11 is 1.89. The van der Waals surface area contributed by atoms with E-state index in [0.29, 0.717) is 72.5 Å². The van der Waals surface area contributed by atoms with E-state index >= 15 is 0 Å². The molecule has 34 heteroatoms. The van der Waals surface area contributed by atoms with Crippen molar-refractivity contribution in [3.63, 3.8) is 0 Å². The zero-order valence-corrected chi connectivity index (χ0v) is 58.9. The molecule has 0 aromatic heterocycles. The van der Waals surface area contributed by atoms with Gasteiger partial charge in [0.05, 0.1) is 28.7 Å². The molecule has 0 saturated carbocycles. The van der Waals surface area contributed by atoms with Crippen molar-refractivity contribution in [3.05, 3.63) is 63.2 Å². The van der Waals surface area contributed by atoms with Crippen LogP contribution in [0.25, 0.3) is 0 Å². The normalized spacial score (nSPS) is 15.2. The Bertz CT molecular complexity index is 2970. The zero-order valence-electron chi connectivity index (χ0n) is 55.0. The maximum atomic E-state index is 14.6. The minimum Gasteiger partial charge on any atom is -0.549 e. The first-order valence-corrected chi connectivity index (χ1v) is 33.7. The summed E-state index contributed by atoms with van der Waals surface area (Å²) in [4.78, 5) is 181. The number of nitrogens with one attached hydrogen (secondary N) is 5. The summed E-state index contributed by atoms with van der Waals surface area (Å²) in [5, 5.41) is 102. The molecule has 2 aromatic rings. The number of aliphatic carboxylic acids is 8. The maximum absolute atomic E-state index is 14.6. The molecule has 0 spiro atoms. The first-order chi connectivity index (χ1) is 46.5. The van der Waals surface area contributed by atoms with E-state index in [9.17, 15) is 108 Å². The maximum Gasteiger partial charge on any atom is 3.00 e. The number of Topliss-reactive ketones (excluding diaryl/α,β-unsaturated/α-hetero) is 2. The Morgan fingerprint density at radius 3 is 1.49 bits per heavy atom. The van der Waals surface area contributed by atoms with Crippen molar-refractivity contribution in [1.29, 1.82) is 0 Å². The van der Waals surface area contributed by atoms with Crippen LogP contribution in [0.4, 0.5) is 4.79 Å². The summed E-state index contributed by atoms with van der Waals surface area (Å²) < 4.78 is 0.419. The number of phenols is 1. The van der Waals surface area contributed by atoms with Crippen molar-refractivity contribution in [2.75, 3.05) is 78.5 Å². The van der Waals surface area contributed by atoms with E-state index in [-0.39, 0.29) is 165 Å². The van der Waals surface area contributed by atoms with Crippen LogP contribution in [0, 0.1) is 46.4 Å². The molecule has 1 aliphatic heterocycles. The van der Waals surface area contributed by atoms with Crippen LogP contribution < -0.4 is 31.7 Å². The number of ketones is 2. The molecule has 0 aliphatic carbocycles. The van der Waals surface area contributed by atoms with Gasteiger partial charge in [-0.1, -0.05) is 62.1 Å². The van der Waals surface area contributed by atoms with Crippen LogP contribution in [0.2, 0.25) is 0 Å². The van der Waals surface area contributed by atoms with Gasteiger partial charge in [-0.05, 0) is 116 Å². The van der Waals surface area contributed by atoms with Gasteiger partial charge < -0.3 is 77.3 Å². The van der Waals surface area contributed by atoms with Crippen LogP contribution >= 0.6 is 22.6 Å². The van der Waals surface area contributed by atoms with Crippen LogP contribution in [0.5, 0.6) is 5.75 Å².